The van der Waals surface area contributed by atoms with Gasteiger partial charge in [-0.3, -0.25) is 4.98 Å². The highest BCUT2D eigenvalue weighted by Gasteiger charge is 2.65. The standard InChI is InChI=1S/C29H32N2O/c1-27-11-9-23-16-22-5-6-24(30-2)17-28(22)12-13-29(23,32-28)26(27)8-7-25(27)20-4-3-19-10-14-31-18-21(19)15-20/h3-4,7,9-10,14-16,18,24,26,30H,5-6,8,11-13,17H2,1-2H3/t24-,26+,27+,28+,29+/m0/s1. The summed E-state index contributed by atoms with van der Waals surface area (Å²) in [6.07, 6.45) is 19.6. The maximum absolute atomic E-state index is 7.33. The monoisotopic (exact) mass is 424 g/mol. The Morgan fingerprint density at radius 2 is 2.06 bits per heavy atom. The molecule has 7 rings (SSSR count). The van der Waals surface area contributed by atoms with Crippen molar-refractivity contribution in [1.29, 1.82) is 0 Å². The number of rotatable bonds is 2. The largest absolute Gasteiger partial charge is 0.359 e. The predicted molar refractivity (Wildman–Crippen MR) is 129 cm³/mol. The van der Waals surface area contributed by atoms with Crippen molar-refractivity contribution in [3.63, 3.8) is 0 Å². The molecule has 3 aliphatic carbocycles. The Morgan fingerprint density at radius 3 is 2.97 bits per heavy atom. The third-order valence-electron chi connectivity index (χ3n) is 9.63. The number of nitrogens with zero attached hydrogens (tertiary/aromatic N) is 1. The van der Waals surface area contributed by atoms with E-state index in [2.05, 4.69) is 66.8 Å². The number of nitrogens with one attached hydrogen (secondary N) is 1. The first-order chi connectivity index (χ1) is 15.6. The molecule has 2 fully saturated rings. The van der Waals surface area contributed by atoms with Gasteiger partial charge in [-0.25, -0.2) is 0 Å². The second kappa shape index (κ2) is 6.42. The molecule has 0 unspecified atom stereocenters. The number of aromatic nitrogens is 1. The van der Waals surface area contributed by atoms with Gasteiger partial charge < -0.3 is 10.1 Å². The van der Waals surface area contributed by atoms with Crippen molar-refractivity contribution in [3.05, 3.63) is 71.6 Å². The van der Waals surface area contributed by atoms with Crippen LogP contribution in [0.4, 0.5) is 0 Å². The zero-order chi connectivity index (χ0) is 21.6. The maximum atomic E-state index is 7.33. The molecule has 2 bridgehead atoms. The molecule has 5 aliphatic rings. The number of fused-ring (bicyclic) bond motifs is 2. The van der Waals surface area contributed by atoms with E-state index >= 15 is 0 Å². The van der Waals surface area contributed by atoms with Crippen molar-refractivity contribution >= 4 is 16.3 Å². The third-order valence-corrected chi connectivity index (χ3v) is 9.63. The van der Waals surface area contributed by atoms with Gasteiger partial charge in [0.05, 0.1) is 11.2 Å². The molecule has 3 heteroatoms. The number of benzene rings is 1. The second-order valence-electron chi connectivity index (χ2n) is 11.0. The first kappa shape index (κ1) is 19.3. The van der Waals surface area contributed by atoms with Crippen molar-refractivity contribution < 1.29 is 4.74 Å². The summed E-state index contributed by atoms with van der Waals surface area (Å²) in [5, 5.41) is 6.03. The third kappa shape index (κ3) is 2.36. The van der Waals surface area contributed by atoms with Crippen LogP contribution in [-0.2, 0) is 4.74 Å². The fourth-order valence-corrected chi connectivity index (χ4v) is 7.93. The van der Waals surface area contributed by atoms with Crippen LogP contribution >= 0.6 is 0 Å². The molecule has 2 aromatic rings. The van der Waals surface area contributed by atoms with Gasteiger partial charge in [-0.2, -0.15) is 0 Å². The van der Waals surface area contributed by atoms with Crippen LogP contribution in [0.15, 0.2) is 66.0 Å². The molecule has 1 saturated heterocycles. The van der Waals surface area contributed by atoms with Gasteiger partial charge >= 0.3 is 0 Å². The van der Waals surface area contributed by atoms with E-state index in [0.717, 1.165) is 25.7 Å². The molecule has 5 atom stereocenters. The molecule has 1 aromatic heterocycles. The van der Waals surface area contributed by atoms with Crippen molar-refractivity contribution in [1.82, 2.24) is 10.3 Å². The first-order valence-corrected chi connectivity index (χ1v) is 12.4. The van der Waals surface area contributed by atoms with E-state index in [1.807, 2.05) is 12.4 Å². The van der Waals surface area contributed by atoms with Crippen molar-refractivity contribution in [2.75, 3.05) is 7.05 Å². The van der Waals surface area contributed by atoms with E-state index in [1.54, 1.807) is 5.57 Å². The van der Waals surface area contributed by atoms with Gasteiger partial charge in [-0.05, 0) is 91.8 Å². The Balaban J connectivity index is 1.30. The van der Waals surface area contributed by atoms with E-state index in [4.69, 9.17) is 4.74 Å². The lowest BCUT2D eigenvalue weighted by molar-refractivity contribution is -0.130. The van der Waals surface area contributed by atoms with Crippen molar-refractivity contribution in [2.24, 2.45) is 11.3 Å². The highest BCUT2D eigenvalue weighted by Crippen LogP contribution is 2.67. The van der Waals surface area contributed by atoms with Crippen LogP contribution < -0.4 is 5.32 Å². The average Bonchev–Trinajstić information content (AvgIpc) is 3.33. The molecule has 1 N–H and O–H groups in total. The fourth-order valence-electron chi connectivity index (χ4n) is 7.93. The van der Waals surface area contributed by atoms with E-state index in [-0.39, 0.29) is 16.6 Å². The first-order valence-electron chi connectivity index (χ1n) is 12.4. The highest BCUT2D eigenvalue weighted by molar-refractivity contribution is 5.87. The Labute approximate surface area is 190 Å². The summed E-state index contributed by atoms with van der Waals surface area (Å²) in [6.45, 7) is 2.50. The van der Waals surface area contributed by atoms with Crippen LogP contribution in [-0.4, -0.2) is 29.3 Å². The summed E-state index contributed by atoms with van der Waals surface area (Å²) in [7, 11) is 2.11. The molecular weight excluding hydrogens is 392 g/mol. The minimum atomic E-state index is -0.108. The number of hydrogen-bond donors (Lipinski definition) is 1. The lowest BCUT2D eigenvalue weighted by Gasteiger charge is -2.54. The highest BCUT2D eigenvalue weighted by atomic mass is 16.5. The molecule has 0 radical (unpaired) electrons. The molecule has 2 aliphatic heterocycles. The molecule has 3 heterocycles. The number of hydrogen-bond acceptors (Lipinski definition) is 3. The quantitative estimate of drug-likeness (QED) is 0.644. The van der Waals surface area contributed by atoms with Gasteiger partial charge in [0.1, 0.15) is 0 Å². The maximum Gasteiger partial charge on any atom is 0.0980 e. The Hall–Kier alpha value is -2.23. The smallest absolute Gasteiger partial charge is 0.0980 e. The Bertz CT molecular complexity index is 1220. The summed E-state index contributed by atoms with van der Waals surface area (Å²) >= 11 is 0. The van der Waals surface area contributed by atoms with Gasteiger partial charge in [0.2, 0.25) is 0 Å². The Kier molecular flexibility index (Phi) is 3.87. The van der Waals surface area contributed by atoms with Crippen molar-refractivity contribution in [2.45, 2.75) is 69.1 Å². The topological polar surface area (TPSA) is 34.2 Å². The summed E-state index contributed by atoms with van der Waals surface area (Å²) in [6, 6.07) is 9.58. The Morgan fingerprint density at radius 1 is 1.12 bits per heavy atom. The molecule has 164 valence electrons. The average molecular weight is 425 g/mol. The number of ether oxygens (including phenoxy) is 1. The number of allylic oxidation sites excluding steroid dienone is 3. The minimum Gasteiger partial charge on any atom is -0.359 e. The molecule has 1 aromatic carbocycles. The zero-order valence-corrected chi connectivity index (χ0v) is 19.2. The van der Waals surface area contributed by atoms with Gasteiger partial charge in [-0.1, -0.05) is 37.3 Å². The lowest BCUT2D eigenvalue weighted by atomic mass is 9.58. The van der Waals surface area contributed by atoms with E-state index in [0.29, 0.717) is 12.0 Å². The SMILES string of the molecule is CN[C@H]1CCC2=CC3=CC[C@]4(C)C(c5ccc6ccncc6c5)=CC[C@H]4[C@@]34CC[C@]2(C1)O4. The molecule has 2 spiro atoms. The van der Waals surface area contributed by atoms with E-state index in [9.17, 15) is 0 Å². The fraction of sp³-hybridized carbons (Fsp3) is 0.483. The molecule has 0 amide bonds. The summed E-state index contributed by atoms with van der Waals surface area (Å²) < 4.78 is 7.33. The molecule has 1 saturated carbocycles. The van der Waals surface area contributed by atoms with E-state index < -0.39 is 0 Å². The van der Waals surface area contributed by atoms with Crippen LogP contribution in [0.3, 0.4) is 0 Å². The van der Waals surface area contributed by atoms with Gasteiger partial charge in [0.25, 0.3) is 0 Å². The number of pyridine rings is 1. The molecule has 32 heavy (non-hydrogen) atoms. The normalized spacial score (nSPS) is 39.6. The van der Waals surface area contributed by atoms with Crippen molar-refractivity contribution in [3.8, 4) is 0 Å². The van der Waals surface area contributed by atoms with Crippen LogP contribution in [0.5, 0.6) is 0 Å². The van der Waals surface area contributed by atoms with Crippen LogP contribution in [0, 0.1) is 11.3 Å². The summed E-state index contributed by atoms with van der Waals surface area (Å²) in [4.78, 5) is 4.35. The molecular formula is C29H32N2O. The predicted octanol–water partition coefficient (Wildman–Crippen LogP) is 5.97. The lowest BCUT2D eigenvalue weighted by Crippen LogP contribution is -2.54. The minimum absolute atomic E-state index is 0.0289. The van der Waals surface area contributed by atoms with Gasteiger partial charge in [0, 0.05) is 35.2 Å². The summed E-state index contributed by atoms with van der Waals surface area (Å²) in [5.74, 6) is 0.515. The van der Waals surface area contributed by atoms with Crippen LogP contribution in [0.2, 0.25) is 0 Å². The van der Waals surface area contributed by atoms with Gasteiger partial charge in [0.15, 0.2) is 0 Å². The summed E-state index contributed by atoms with van der Waals surface area (Å²) in [5.41, 5.74) is 5.91. The van der Waals surface area contributed by atoms with Crippen LogP contribution in [0.1, 0.15) is 57.4 Å². The van der Waals surface area contributed by atoms with E-state index in [1.165, 1.54) is 46.7 Å². The molecule has 3 nitrogen and oxygen atoms in total. The van der Waals surface area contributed by atoms with Gasteiger partial charge in [-0.15, -0.1) is 0 Å². The van der Waals surface area contributed by atoms with Crippen LogP contribution in [0.25, 0.3) is 16.3 Å². The second-order valence-corrected chi connectivity index (χ2v) is 11.0. The zero-order valence-electron chi connectivity index (χ0n) is 19.2.